The summed E-state index contributed by atoms with van der Waals surface area (Å²) >= 11 is 0. The molecule has 0 saturated heterocycles. The van der Waals surface area contributed by atoms with Crippen LogP contribution in [0.4, 0.5) is 28.7 Å². The lowest BCUT2D eigenvalue weighted by molar-refractivity contribution is -0.117. The van der Waals surface area contributed by atoms with Crippen molar-refractivity contribution < 1.29 is 9.53 Å². The van der Waals surface area contributed by atoms with Crippen LogP contribution in [0.15, 0.2) is 60.9 Å². The number of nitrogens with zero attached hydrogens (tertiary/aromatic N) is 3. The molecule has 0 radical (unpaired) electrons. The van der Waals surface area contributed by atoms with Gasteiger partial charge in [-0.05, 0) is 43.2 Å². The van der Waals surface area contributed by atoms with Gasteiger partial charge in [-0.3, -0.25) is 4.79 Å². The minimum Gasteiger partial charge on any atom is -0.490 e. The Morgan fingerprint density at radius 3 is 2.79 bits per heavy atom. The van der Waals surface area contributed by atoms with Gasteiger partial charge in [0.15, 0.2) is 0 Å². The summed E-state index contributed by atoms with van der Waals surface area (Å²) in [4.78, 5) is 22.9. The van der Waals surface area contributed by atoms with Crippen LogP contribution >= 0.6 is 0 Å². The lowest BCUT2D eigenvalue weighted by Crippen LogP contribution is -2.29. The maximum atomic E-state index is 12.0. The molecule has 1 fully saturated rings. The second kappa shape index (κ2) is 7.43. The largest absolute Gasteiger partial charge is 0.490 e. The fraction of sp³-hybridized carbons (Fsp3) is 0.227. The molecule has 1 saturated carbocycles. The van der Waals surface area contributed by atoms with Crippen molar-refractivity contribution in [3.8, 4) is 5.75 Å². The van der Waals surface area contributed by atoms with Crippen LogP contribution in [0.25, 0.3) is 0 Å². The average Bonchev–Trinajstić information content (AvgIpc) is 3.59. The zero-order chi connectivity index (χ0) is 19.6. The highest BCUT2D eigenvalue weighted by atomic mass is 16.5. The molecule has 2 N–H and O–H groups in total. The quantitative estimate of drug-likeness (QED) is 0.686. The van der Waals surface area contributed by atoms with E-state index in [2.05, 4.69) is 25.5 Å². The molecule has 7 nitrogen and oxygen atoms in total. The number of benzene rings is 2. The summed E-state index contributed by atoms with van der Waals surface area (Å²) < 4.78 is 5.73. The van der Waals surface area contributed by atoms with Gasteiger partial charge in [-0.15, -0.1) is 0 Å². The van der Waals surface area contributed by atoms with Crippen LogP contribution in [0.2, 0.25) is 0 Å². The zero-order valence-corrected chi connectivity index (χ0v) is 15.8. The Balaban J connectivity index is 1.35. The number of nitrogens with one attached hydrogen (secondary N) is 2. The van der Waals surface area contributed by atoms with Crippen molar-refractivity contribution in [1.29, 1.82) is 0 Å². The van der Waals surface area contributed by atoms with Gasteiger partial charge in [0.1, 0.15) is 30.3 Å². The summed E-state index contributed by atoms with van der Waals surface area (Å²) in [6.45, 7) is 1.32. The molecule has 3 aromatic rings. The van der Waals surface area contributed by atoms with Crippen molar-refractivity contribution in [2.24, 2.45) is 5.92 Å². The summed E-state index contributed by atoms with van der Waals surface area (Å²) in [6.07, 6.45) is 3.52. The first-order chi connectivity index (χ1) is 14.3. The lowest BCUT2D eigenvalue weighted by atomic mass is 10.2. The van der Waals surface area contributed by atoms with E-state index in [1.807, 2.05) is 54.6 Å². The molecule has 2 heterocycles. The van der Waals surface area contributed by atoms with Crippen LogP contribution in [0.1, 0.15) is 12.8 Å². The summed E-state index contributed by atoms with van der Waals surface area (Å²) in [5.74, 6) is 2.61. The highest BCUT2D eigenvalue weighted by Gasteiger charge is 2.29. The van der Waals surface area contributed by atoms with Crippen LogP contribution in [0.5, 0.6) is 5.75 Å². The van der Waals surface area contributed by atoms with Crippen LogP contribution in [0, 0.1) is 5.92 Å². The summed E-state index contributed by atoms with van der Waals surface area (Å²) in [5.41, 5.74) is 2.63. The van der Waals surface area contributed by atoms with Crippen molar-refractivity contribution in [2.45, 2.75) is 12.8 Å². The van der Waals surface area contributed by atoms with Crippen LogP contribution in [0.3, 0.4) is 0 Å². The number of hydrogen-bond acceptors (Lipinski definition) is 6. The first-order valence-electron chi connectivity index (χ1n) is 9.76. The summed E-state index contributed by atoms with van der Waals surface area (Å²) in [5, 5.41) is 6.28. The third-order valence-corrected chi connectivity index (χ3v) is 5.01. The van der Waals surface area contributed by atoms with Crippen molar-refractivity contribution in [3.05, 3.63) is 60.9 Å². The highest BCUT2D eigenvalue weighted by molar-refractivity contribution is 5.94. The number of fused-ring (bicyclic) bond motifs is 1. The average molecular weight is 387 g/mol. The minimum atomic E-state index is 0.0949. The van der Waals surface area contributed by atoms with Crippen LogP contribution in [-0.4, -0.2) is 29.0 Å². The number of carbonyl (C=O) groups is 1. The fourth-order valence-corrected chi connectivity index (χ4v) is 3.38. The molecule has 0 bridgehead atoms. The number of aromatic nitrogens is 2. The predicted molar refractivity (Wildman–Crippen MR) is 112 cm³/mol. The van der Waals surface area contributed by atoms with Crippen LogP contribution in [-0.2, 0) is 4.79 Å². The van der Waals surface area contributed by atoms with Crippen molar-refractivity contribution in [1.82, 2.24) is 9.97 Å². The van der Waals surface area contributed by atoms with E-state index < -0.39 is 0 Å². The molecule has 29 heavy (non-hydrogen) atoms. The number of hydrogen-bond donors (Lipinski definition) is 2. The van der Waals surface area contributed by atoms with Gasteiger partial charge in [-0.25, -0.2) is 9.97 Å². The standard InChI is InChI=1S/C22H21N5O2/c28-22(15-8-9-15)26-17-5-3-4-16(12-17)25-20-13-21(24-14-23-20)27-10-11-29-19-7-2-1-6-18(19)27/h1-7,12-15H,8-11H2,(H,26,28)(H,23,24,25). The Morgan fingerprint density at radius 2 is 1.90 bits per heavy atom. The maximum Gasteiger partial charge on any atom is 0.227 e. The molecular weight excluding hydrogens is 366 g/mol. The van der Waals surface area contributed by atoms with Crippen molar-refractivity contribution >= 4 is 34.6 Å². The molecule has 146 valence electrons. The number of rotatable bonds is 5. The summed E-state index contributed by atoms with van der Waals surface area (Å²) in [7, 11) is 0. The molecule has 0 atom stereocenters. The Bertz CT molecular complexity index is 1050. The number of para-hydroxylation sites is 2. The van der Waals surface area contributed by atoms with E-state index in [-0.39, 0.29) is 11.8 Å². The third kappa shape index (κ3) is 3.85. The smallest absolute Gasteiger partial charge is 0.227 e. The zero-order valence-electron chi connectivity index (χ0n) is 15.8. The molecule has 0 spiro atoms. The molecule has 7 heteroatoms. The molecule has 0 unspecified atom stereocenters. The van der Waals surface area contributed by atoms with E-state index in [0.29, 0.717) is 12.4 Å². The van der Waals surface area contributed by atoms with Gasteiger partial charge < -0.3 is 20.3 Å². The van der Waals surface area contributed by atoms with Crippen molar-refractivity contribution in [3.63, 3.8) is 0 Å². The Hall–Kier alpha value is -3.61. The van der Waals surface area contributed by atoms with E-state index in [1.165, 1.54) is 0 Å². The highest BCUT2D eigenvalue weighted by Crippen LogP contribution is 2.36. The van der Waals surface area contributed by atoms with E-state index in [0.717, 1.165) is 48.0 Å². The third-order valence-electron chi connectivity index (χ3n) is 5.01. The number of anilines is 5. The van der Waals surface area contributed by atoms with Gasteiger partial charge >= 0.3 is 0 Å². The number of carbonyl (C=O) groups excluding carboxylic acids is 1. The number of amides is 1. The van der Waals surface area contributed by atoms with Gasteiger partial charge in [0.25, 0.3) is 0 Å². The first kappa shape index (κ1) is 17.5. The topological polar surface area (TPSA) is 79.4 Å². The van der Waals surface area contributed by atoms with E-state index in [9.17, 15) is 4.79 Å². The Morgan fingerprint density at radius 1 is 1.03 bits per heavy atom. The molecule has 1 amide bonds. The second-order valence-corrected chi connectivity index (χ2v) is 7.20. The Kier molecular flexibility index (Phi) is 4.48. The fourth-order valence-electron chi connectivity index (χ4n) is 3.38. The van der Waals surface area contributed by atoms with E-state index in [4.69, 9.17) is 4.74 Å². The van der Waals surface area contributed by atoms with E-state index in [1.54, 1.807) is 6.33 Å². The van der Waals surface area contributed by atoms with E-state index >= 15 is 0 Å². The Labute approximate surface area is 168 Å². The molecule has 5 rings (SSSR count). The number of ether oxygens (including phenoxy) is 1. The van der Waals surface area contributed by atoms with Gasteiger partial charge in [0, 0.05) is 23.4 Å². The first-order valence-corrected chi connectivity index (χ1v) is 9.76. The monoisotopic (exact) mass is 387 g/mol. The van der Waals surface area contributed by atoms with Gasteiger partial charge in [0.2, 0.25) is 5.91 Å². The lowest BCUT2D eigenvalue weighted by Gasteiger charge is -2.30. The van der Waals surface area contributed by atoms with Gasteiger partial charge in [-0.1, -0.05) is 18.2 Å². The van der Waals surface area contributed by atoms with Gasteiger partial charge in [-0.2, -0.15) is 0 Å². The molecule has 2 aliphatic rings. The SMILES string of the molecule is O=C(Nc1cccc(Nc2cc(N3CCOc4ccccc43)ncn2)c1)C1CC1. The molecule has 2 aromatic carbocycles. The predicted octanol–water partition coefficient (Wildman–Crippen LogP) is 4.10. The minimum absolute atomic E-state index is 0.0949. The molecule has 1 aromatic heterocycles. The molecule has 1 aliphatic heterocycles. The van der Waals surface area contributed by atoms with Crippen molar-refractivity contribution in [2.75, 3.05) is 28.7 Å². The normalized spacial score (nSPS) is 15.2. The molecule has 1 aliphatic carbocycles. The summed E-state index contributed by atoms with van der Waals surface area (Å²) in [6, 6.07) is 17.5. The maximum absolute atomic E-state index is 12.0. The molecular formula is C22H21N5O2. The second-order valence-electron chi connectivity index (χ2n) is 7.20. The van der Waals surface area contributed by atoms with Gasteiger partial charge in [0.05, 0.1) is 12.2 Å². The van der Waals surface area contributed by atoms with Crippen LogP contribution < -0.4 is 20.3 Å².